The summed E-state index contributed by atoms with van der Waals surface area (Å²) in [6, 6.07) is 8.72. The van der Waals surface area contributed by atoms with Gasteiger partial charge in [-0.1, -0.05) is 18.2 Å². The Labute approximate surface area is 187 Å². The quantitative estimate of drug-likeness (QED) is 0.676. The maximum atomic E-state index is 13.6. The van der Waals surface area contributed by atoms with Gasteiger partial charge in [0.2, 0.25) is 5.91 Å². The van der Waals surface area contributed by atoms with Crippen molar-refractivity contribution >= 4 is 23.8 Å². The lowest BCUT2D eigenvalue weighted by Gasteiger charge is -2.55. The Hall–Kier alpha value is -2.90. The minimum atomic E-state index is -1.19. The first-order chi connectivity index (χ1) is 15.4. The number of piperidine rings is 1. The van der Waals surface area contributed by atoms with Gasteiger partial charge in [0.1, 0.15) is 5.54 Å². The van der Waals surface area contributed by atoms with Crippen LogP contribution in [0.1, 0.15) is 48.9 Å². The molecule has 3 aliphatic rings. The fourth-order valence-corrected chi connectivity index (χ4v) is 5.58. The van der Waals surface area contributed by atoms with Gasteiger partial charge in [-0.05, 0) is 56.6 Å². The molecule has 2 saturated carbocycles. The van der Waals surface area contributed by atoms with Crippen LogP contribution in [-0.2, 0) is 23.9 Å². The van der Waals surface area contributed by atoms with Gasteiger partial charge >= 0.3 is 11.9 Å². The molecule has 1 aromatic carbocycles. The molecule has 3 fully saturated rings. The number of methoxy groups -OCH3 is 2. The van der Waals surface area contributed by atoms with Crippen LogP contribution in [0.4, 0.5) is 0 Å². The van der Waals surface area contributed by atoms with Crippen molar-refractivity contribution in [1.82, 2.24) is 10.2 Å². The predicted octanol–water partition coefficient (Wildman–Crippen LogP) is 1.93. The van der Waals surface area contributed by atoms with Crippen molar-refractivity contribution in [2.45, 2.75) is 44.1 Å². The van der Waals surface area contributed by atoms with Crippen LogP contribution in [0.2, 0.25) is 0 Å². The summed E-state index contributed by atoms with van der Waals surface area (Å²) in [5, 5.41) is 2.96. The number of nitrogens with zero attached hydrogens (tertiary/aromatic N) is 1. The zero-order valence-corrected chi connectivity index (χ0v) is 18.6. The highest BCUT2D eigenvalue weighted by Gasteiger charge is 2.72. The number of nitrogens with one attached hydrogen (secondary N) is 1. The van der Waals surface area contributed by atoms with Gasteiger partial charge in [0, 0.05) is 18.7 Å². The molecule has 2 amide bonds. The first-order valence-corrected chi connectivity index (χ1v) is 11.2. The zero-order valence-electron chi connectivity index (χ0n) is 18.6. The van der Waals surface area contributed by atoms with E-state index in [4.69, 9.17) is 9.47 Å². The Balaban J connectivity index is 1.61. The van der Waals surface area contributed by atoms with Gasteiger partial charge in [-0.2, -0.15) is 0 Å². The number of amides is 2. The summed E-state index contributed by atoms with van der Waals surface area (Å²) in [6.07, 6.45) is 3.68. The van der Waals surface area contributed by atoms with Crippen molar-refractivity contribution < 1.29 is 28.7 Å². The Bertz CT molecular complexity index is 902. The number of rotatable bonds is 6. The molecule has 0 unspecified atom stereocenters. The SMILES string of the molecule is COC(=O)[C@H]1C[C@@H]1C1(C(=O)OC)CC(NC(=O)c2ccccc2)(C(=O)N2CCCCC2)C1. The molecule has 0 spiro atoms. The van der Waals surface area contributed by atoms with Crippen molar-refractivity contribution in [1.29, 1.82) is 0 Å². The predicted molar refractivity (Wildman–Crippen MR) is 114 cm³/mol. The second-order valence-corrected chi connectivity index (χ2v) is 9.23. The molecule has 2 aliphatic carbocycles. The number of likely N-dealkylation sites (tertiary alicyclic amines) is 1. The van der Waals surface area contributed by atoms with E-state index in [0.717, 1.165) is 19.3 Å². The van der Waals surface area contributed by atoms with Gasteiger partial charge in [0.25, 0.3) is 5.91 Å². The third-order valence-electron chi connectivity index (χ3n) is 7.27. The van der Waals surface area contributed by atoms with Gasteiger partial charge in [0.15, 0.2) is 0 Å². The van der Waals surface area contributed by atoms with Crippen LogP contribution in [0.3, 0.4) is 0 Å². The van der Waals surface area contributed by atoms with Crippen LogP contribution in [0.25, 0.3) is 0 Å². The molecule has 0 aromatic heterocycles. The largest absolute Gasteiger partial charge is 0.469 e. The Kier molecular flexibility index (Phi) is 5.97. The average molecular weight is 443 g/mol. The summed E-state index contributed by atoms with van der Waals surface area (Å²) in [5.41, 5.74) is -1.72. The Morgan fingerprint density at radius 3 is 2.22 bits per heavy atom. The van der Waals surface area contributed by atoms with E-state index in [2.05, 4.69) is 5.32 Å². The lowest BCUT2D eigenvalue weighted by atomic mass is 9.53. The van der Waals surface area contributed by atoms with E-state index in [1.807, 2.05) is 6.07 Å². The number of hydrogen-bond acceptors (Lipinski definition) is 6. The first-order valence-electron chi connectivity index (χ1n) is 11.2. The van der Waals surface area contributed by atoms with Crippen molar-refractivity contribution in [2.24, 2.45) is 17.3 Å². The molecule has 1 aromatic rings. The fourth-order valence-electron chi connectivity index (χ4n) is 5.58. The highest BCUT2D eigenvalue weighted by Crippen LogP contribution is 2.64. The fraction of sp³-hybridized carbons (Fsp3) is 0.583. The number of ether oxygens (including phenoxy) is 2. The van der Waals surface area contributed by atoms with Crippen LogP contribution < -0.4 is 5.32 Å². The van der Waals surface area contributed by atoms with Gasteiger partial charge < -0.3 is 19.7 Å². The van der Waals surface area contributed by atoms with Crippen LogP contribution in [0.15, 0.2) is 30.3 Å². The van der Waals surface area contributed by atoms with Crippen LogP contribution in [-0.4, -0.2) is 61.5 Å². The van der Waals surface area contributed by atoms with Crippen molar-refractivity contribution in [2.75, 3.05) is 27.3 Å². The summed E-state index contributed by atoms with van der Waals surface area (Å²) < 4.78 is 9.96. The highest BCUT2D eigenvalue weighted by atomic mass is 16.5. The lowest BCUT2D eigenvalue weighted by molar-refractivity contribution is -0.175. The van der Waals surface area contributed by atoms with Gasteiger partial charge in [-0.3, -0.25) is 19.2 Å². The van der Waals surface area contributed by atoms with E-state index in [1.54, 1.807) is 29.2 Å². The van der Waals surface area contributed by atoms with E-state index < -0.39 is 16.9 Å². The van der Waals surface area contributed by atoms with Gasteiger partial charge in [-0.15, -0.1) is 0 Å². The minimum Gasteiger partial charge on any atom is -0.469 e. The molecule has 8 heteroatoms. The van der Waals surface area contributed by atoms with Crippen LogP contribution in [0, 0.1) is 17.3 Å². The normalized spacial score (nSPS) is 31.1. The van der Waals surface area contributed by atoms with Gasteiger partial charge in [0.05, 0.1) is 25.6 Å². The third-order valence-corrected chi connectivity index (χ3v) is 7.27. The van der Waals surface area contributed by atoms with E-state index in [9.17, 15) is 19.2 Å². The number of esters is 2. The average Bonchev–Trinajstić information content (AvgIpc) is 3.62. The first kappa shape index (κ1) is 22.3. The van der Waals surface area contributed by atoms with Gasteiger partial charge in [-0.25, -0.2) is 0 Å². The summed E-state index contributed by atoms with van der Waals surface area (Å²) in [5.74, 6) is -1.94. The second kappa shape index (κ2) is 8.56. The maximum absolute atomic E-state index is 13.6. The van der Waals surface area contributed by atoms with E-state index in [0.29, 0.717) is 25.1 Å². The summed E-state index contributed by atoms with van der Waals surface area (Å²) in [6.45, 7) is 1.28. The molecular weight excluding hydrogens is 412 g/mol. The lowest BCUT2D eigenvalue weighted by Crippen LogP contribution is -2.72. The molecule has 172 valence electrons. The smallest absolute Gasteiger partial charge is 0.312 e. The monoisotopic (exact) mass is 442 g/mol. The number of hydrogen-bond donors (Lipinski definition) is 1. The minimum absolute atomic E-state index is 0.124. The molecular formula is C24H30N2O6. The highest BCUT2D eigenvalue weighted by molar-refractivity contribution is 6.01. The summed E-state index contributed by atoms with van der Waals surface area (Å²) in [4.78, 5) is 53.4. The number of benzene rings is 1. The molecule has 32 heavy (non-hydrogen) atoms. The molecule has 4 rings (SSSR count). The van der Waals surface area contributed by atoms with E-state index >= 15 is 0 Å². The number of carbonyl (C=O) groups is 4. The van der Waals surface area contributed by atoms with E-state index in [1.165, 1.54) is 14.2 Å². The zero-order chi connectivity index (χ0) is 22.9. The van der Waals surface area contributed by atoms with Crippen molar-refractivity contribution in [3.63, 3.8) is 0 Å². The summed E-state index contributed by atoms with van der Waals surface area (Å²) in [7, 11) is 2.64. The Morgan fingerprint density at radius 2 is 1.62 bits per heavy atom. The standard InChI is InChI=1S/C24H30N2O6/c1-31-20(28)17-13-18(17)23(22(30)32-2)14-24(15-23,21(29)26-11-7-4-8-12-26)25-19(27)16-9-5-3-6-10-16/h3,5-6,9-10,17-18H,4,7-8,11-15H2,1-2H3,(H,25,27)/t17-,18-,23?,24?/m0/s1. The molecule has 0 radical (unpaired) electrons. The molecule has 1 heterocycles. The molecule has 2 atom stereocenters. The molecule has 1 saturated heterocycles. The molecule has 1 aliphatic heterocycles. The molecule has 1 N–H and O–H groups in total. The second-order valence-electron chi connectivity index (χ2n) is 9.23. The maximum Gasteiger partial charge on any atom is 0.312 e. The van der Waals surface area contributed by atoms with Crippen LogP contribution >= 0.6 is 0 Å². The van der Waals surface area contributed by atoms with Crippen molar-refractivity contribution in [3.05, 3.63) is 35.9 Å². The topological polar surface area (TPSA) is 102 Å². The summed E-state index contributed by atoms with van der Waals surface area (Å²) >= 11 is 0. The third kappa shape index (κ3) is 3.76. The Morgan fingerprint density at radius 1 is 0.969 bits per heavy atom. The van der Waals surface area contributed by atoms with Crippen LogP contribution in [0.5, 0.6) is 0 Å². The van der Waals surface area contributed by atoms with Crippen molar-refractivity contribution in [3.8, 4) is 0 Å². The molecule has 0 bridgehead atoms. The van der Waals surface area contributed by atoms with E-state index in [-0.39, 0.29) is 42.5 Å². The number of carbonyl (C=O) groups excluding carboxylic acids is 4. The molecule has 8 nitrogen and oxygen atoms in total.